The molecular weight excluding hydrogens is 236 g/mol. The molecule has 0 amide bonds. The second-order valence-electron chi connectivity index (χ2n) is 2.71. The van der Waals surface area contributed by atoms with Crippen molar-refractivity contribution >= 4 is 0 Å². The van der Waals surface area contributed by atoms with Gasteiger partial charge in [-0.2, -0.15) is 13.2 Å². The summed E-state index contributed by atoms with van der Waals surface area (Å²) in [5.74, 6) is -5.25. The Kier molecular flexibility index (Phi) is 3.76. The Morgan fingerprint density at radius 1 is 1.00 bits per heavy atom. The van der Waals surface area contributed by atoms with Gasteiger partial charge in [0.1, 0.15) is 0 Å². The zero-order valence-corrected chi connectivity index (χ0v) is 7.09. The number of hydrogen-bond acceptors (Lipinski definition) is 0. The van der Waals surface area contributed by atoms with E-state index in [4.69, 9.17) is 0 Å². The molecule has 0 N–H and O–H groups in total. The van der Waals surface area contributed by atoms with Crippen molar-refractivity contribution in [1.82, 2.24) is 0 Å². The average molecular weight is 242 g/mol. The fourth-order valence-corrected chi connectivity index (χ4v) is 0.821. The molecule has 15 heavy (non-hydrogen) atoms. The van der Waals surface area contributed by atoms with E-state index in [9.17, 15) is 35.1 Å². The van der Waals surface area contributed by atoms with E-state index in [1.54, 1.807) is 0 Å². The Morgan fingerprint density at radius 3 is 1.60 bits per heavy atom. The molecule has 8 heteroatoms. The standard InChI is InChI=1S/C7H6F8/c1-2-3-5(10,11)6(12,4(8)9)7(13,14)15/h2,4H,1,3H2. The lowest BCUT2D eigenvalue weighted by atomic mass is 9.94. The van der Waals surface area contributed by atoms with Gasteiger partial charge in [-0.15, -0.1) is 6.58 Å². The first kappa shape index (κ1) is 14.2. The molecule has 0 spiro atoms. The van der Waals surface area contributed by atoms with Crippen molar-refractivity contribution in [2.45, 2.75) is 30.6 Å². The fraction of sp³-hybridized carbons (Fsp3) is 0.714. The molecule has 1 unspecified atom stereocenters. The Labute approximate surface area is 79.6 Å². The summed E-state index contributed by atoms with van der Waals surface area (Å²) >= 11 is 0. The highest BCUT2D eigenvalue weighted by Crippen LogP contribution is 2.50. The van der Waals surface area contributed by atoms with Crippen molar-refractivity contribution in [1.29, 1.82) is 0 Å². The number of alkyl halides is 8. The molecule has 0 saturated carbocycles. The van der Waals surface area contributed by atoms with Crippen molar-refractivity contribution in [2.75, 3.05) is 0 Å². The van der Waals surface area contributed by atoms with Gasteiger partial charge >= 0.3 is 11.8 Å². The van der Waals surface area contributed by atoms with Crippen LogP contribution in [0.4, 0.5) is 35.1 Å². The molecule has 0 nitrogen and oxygen atoms in total. The third-order valence-corrected chi connectivity index (χ3v) is 1.65. The summed E-state index contributed by atoms with van der Waals surface area (Å²) in [5, 5.41) is 0. The Morgan fingerprint density at radius 2 is 1.40 bits per heavy atom. The van der Waals surface area contributed by atoms with Gasteiger partial charge in [-0.1, -0.05) is 6.08 Å². The van der Waals surface area contributed by atoms with Crippen LogP contribution in [-0.4, -0.2) is 24.2 Å². The summed E-state index contributed by atoms with van der Waals surface area (Å²) in [7, 11) is 0. The van der Waals surface area contributed by atoms with Gasteiger partial charge in [0.2, 0.25) is 0 Å². The molecule has 0 bridgehead atoms. The van der Waals surface area contributed by atoms with Crippen LogP contribution in [0.15, 0.2) is 12.7 Å². The summed E-state index contributed by atoms with van der Waals surface area (Å²) in [4.78, 5) is 0. The summed E-state index contributed by atoms with van der Waals surface area (Å²) < 4.78 is 96.9. The van der Waals surface area contributed by atoms with Crippen molar-refractivity contribution in [3.63, 3.8) is 0 Å². The van der Waals surface area contributed by atoms with E-state index in [1.165, 1.54) is 0 Å². The maximum atomic E-state index is 12.7. The molecule has 1 atom stereocenters. The molecular formula is C7H6F8. The number of rotatable bonds is 4. The SMILES string of the molecule is C=CCC(F)(F)C(F)(C(F)F)C(F)(F)F. The minimum Gasteiger partial charge on any atom is -0.220 e. The van der Waals surface area contributed by atoms with E-state index >= 15 is 0 Å². The Bertz CT molecular complexity index is 230. The second kappa shape index (κ2) is 3.97. The normalized spacial score (nSPS) is 17.7. The highest BCUT2D eigenvalue weighted by molar-refractivity contribution is 5.04. The van der Waals surface area contributed by atoms with Crippen LogP contribution in [0.5, 0.6) is 0 Å². The van der Waals surface area contributed by atoms with Crippen LogP contribution in [0, 0.1) is 0 Å². The molecule has 0 aromatic carbocycles. The Hall–Kier alpha value is -0.820. The fourth-order valence-electron chi connectivity index (χ4n) is 0.821. The van der Waals surface area contributed by atoms with Crippen LogP contribution < -0.4 is 0 Å². The van der Waals surface area contributed by atoms with Crippen molar-refractivity contribution in [3.05, 3.63) is 12.7 Å². The third-order valence-electron chi connectivity index (χ3n) is 1.65. The first-order chi connectivity index (χ1) is 6.50. The van der Waals surface area contributed by atoms with Crippen LogP contribution in [0.25, 0.3) is 0 Å². The predicted octanol–water partition coefficient (Wildman–Crippen LogP) is 3.73. The van der Waals surface area contributed by atoms with Crippen molar-refractivity contribution in [2.24, 2.45) is 0 Å². The molecule has 0 radical (unpaired) electrons. The van der Waals surface area contributed by atoms with Crippen LogP contribution in [0.2, 0.25) is 0 Å². The largest absolute Gasteiger partial charge is 0.434 e. The molecule has 0 aliphatic rings. The molecule has 0 saturated heterocycles. The molecule has 0 aromatic rings. The van der Waals surface area contributed by atoms with Gasteiger partial charge in [0.05, 0.1) is 0 Å². The van der Waals surface area contributed by atoms with Crippen LogP contribution in [0.1, 0.15) is 6.42 Å². The lowest BCUT2D eigenvalue weighted by Crippen LogP contribution is -2.60. The predicted molar refractivity (Wildman–Crippen MR) is 35.7 cm³/mol. The first-order valence-electron chi connectivity index (χ1n) is 3.53. The van der Waals surface area contributed by atoms with Crippen LogP contribution in [0.3, 0.4) is 0 Å². The van der Waals surface area contributed by atoms with E-state index in [1.807, 2.05) is 0 Å². The highest BCUT2D eigenvalue weighted by Gasteiger charge is 2.75. The Balaban J connectivity index is 5.39. The van der Waals surface area contributed by atoms with Crippen molar-refractivity contribution < 1.29 is 35.1 Å². The molecule has 0 rings (SSSR count). The quantitative estimate of drug-likeness (QED) is 0.520. The van der Waals surface area contributed by atoms with Gasteiger partial charge in [-0.25, -0.2) is 22.0 Å². The lowest BCUT2D eigenvalue weighted by Gasteiger charge is -2.33. The van der Waals surface area contributed by atoms with E-state index < -0.39 is 30.6 Å². The van der Waals surface area contributed by atoms with E-state index in [0.29, 0.717) is 0 Å². The maximum absolute atomic E-state index is 12.7. The van der Waals surface area contributed by atoms with Gasteiger partial charge in [0.15, 0.2) is 0 Å². The minimum atomic E-state index is -6.35. The van der Waals surface area contributed by atoms with Gasteiger partial charge in [0, 0.05) is 6.42 Å². The van der Waals surface area contributed by atoms with Crippen LogP contribution >= 0.6 is 0 Å². The number of halogens is 8. The minimum absolute atomic E-state index is 0.239. The topological polar surface area (TPSA) is 0 Å². The first-order valence-corrected chi connectivity index (χ1v) is 3.53. The molecule has 0 heterocycles. The third kappa shape index (κ3) is 2.23. The van der Waals surface area contributed by atoms with Gasteiger partial charge < -0.3 is 0 Å². The summed E-state index contributed by atoms with van der Waals surface area (Å²) in [6.45, 7) is 2.64. The number of allylic oxidation sites excluding steroid dienone is 1. The summed E-state index contributed by atoms with van der Waals surface area (Å²) in [6, 6.07) is 0. The second-order valence-corrected chi connectivity index (χ2v) is 2.71. The molecule has 0 aliphatic heterocycles. The van der Waals surface area contributed by atoms with E-state index in [-0.39, 0.29) is 6.08 Å². The van der Waals surface area contributed by atoms with Gasteiger partial charge in [-0.05, 0) is 0 Å². The zero-order chi connectivity index (χ0) is 12.5. The molecule has 0 aromatic heterocycles. The molecule has 0 aliphatic carbocycles. The maximum Gasteiger partial charge on any atom is 0.434 e. The number of hydrogen-bond donors (Lipinski definition) is 0. The lowest BCUT2D eigenvalue weighted by molar-refractivity contribution is -0.335. The van der Waals surface area contributed by atoms with Crippen molar-refractivity contribution in [3.8, 4) is 0 Å². The van der Waals surface area contributed by atoms with Crippen LogP contribution in [-0.2, 0) is 0 Å². The summed E-state index contributed by atoms with van der Waals surface area (Å²) in [5.41, 5.74) is -5.85. The smallest absolute Gasteiger partial charge is 0.220 e. The molecule has 0 fully saturated rings. The van der Waals surface area contributed by atoms with Gasteiger partial charge in [0.25, 0.3) is 12.3 Å². The monoisotopic (exact) mass is 242 g/mol. The average Bonchev–Trinajstić information content (AvgIpc) is 1.99. The zero-order valence-electron chi connectivity index (χ0n) is 7.09. The van der Waals surface area contributed by atoms with E-state index in [2.05, 4.69) is 6.58 Å². The van der Waals surface area contributed by atoms with Gasteiger partial charge in [-0.3, -0.25) is 0 Å². The molecule has 90 valence electrons. The highest BCUT2D eigenvalue weighted by atomic mass is 19.4. The summed E-state index contributed by atoms with van der Waals surface area (Å²) in [6.07, 6.45) is -12.8. The van der Waals surface area contributed by atoms with E-state index in [0.717, 1.165) is 0 Å².